The van der Waals surface area contributed by atoms with Gasteiger partial charge in [0.15, 0.2) is 0 Å². The number of carboxylic acid groups (broad SMARTS) is 3. The Morgan fingerprint density at radius 1 is 0.850 bits per heavy atom. The van der Waals surface area contributed by atoms with E-state index < -0.39 is 17.9 Å². The van der Waals surface area contributed by atoms with E-state index in [1.165, 1.54) is 18.2 Å². The van der Waals surface area contributed by atoms with Crippen LogP contribution in [0.25, 0.3) is 18.2 Å². The summed E-state index contributed by atoms with van der Waals surface area (Å²) in [4.78, 5) is 37.9. The Bertz CT molecular complexity index is 582. The van der Waals surface area contributed by atoms with Crippen molar-refractivity contribution in [3.05, 3.63) is 35.4 Å². The van der Waals surface area contributed by atoms with Crippen LogP contribution in [0.4, 0.5) is 0 Å². The Kier molecular flexibility index (Phi) is 4.98. The second-order valence-electron chi connectivity index (χ2n) is 3.44. The molecule has 0 atom stereocenters. The molecule has 8 heteroatoms. The zero-order chi connectivity index (χ0) is 15.1. The number of nitrogens with one attached hydrogen (secondary N) is 1. The zero-order valence-electron chi connectivity index (χ0n) is 9.98. The fourth-order valence-electron chi connectivity index (χ4n) is 1.21. The summed E-state index contributed by atoms with van der Waals surface area (Å²) in [6.07, 6.45) is 6.04. The van der Waals surface area contributed by atoms with Gasteiger partial charge in [-0.05, 0) is 18.2 Å². The molecule has 4 N–H and O–H groups in total. The molecule has 1 aromatic heterocycles. The number of aliphatic carboxylic acids is 3. The third kappa shape index (κ3) is 5.00. The molecule has 1 rings (SSSR count). The fraction of sp³-hybridized carbons (Fsp3) is 0. The summed E-state index contributed by atoms with van der Waals surface area (Å²) in [5.74, 6) is -3.40. The third-order valence-electron chi connectivity index (χ3n) is 1.94. The summed E-state index contributed by atoms with van der Waals surface area (Å²) in [6.45, 7) is 0. The first-order valence-corrected chi connectivity index (χ1v) is 5.21. The molecule has 0 bridgehead atoms. The van der Waals surface area contributed by atoms with Gasteiger partial charge in [-0.2, -0.15) is 0 Å². The predicted octanol–water partition coefficient (Wildman–Crippen LogP) is 0.703. The van der Waals surface area contributed by atoms with E-state index in [0.29, 0.717) is 0 Å². The van der Waals surface area contributed by atoms with Crippen molar-refractivity contribution in [3.63, 3.8) is 0 Å². The van der Waals surface area contributed by atoms with Gasteiger partial charge in [-0.1, -0.05) is 0 Å². The van der Waals surface area contributed by atoms with Crippen LogP contribution in [-0.4, -0.2) is 43.2 Å². The molecule has 1 heterocycles. The van der Waals surface area contributed by atoms with Crippen molar-refractivity contribution >= 4 is 36.1 Å². The number of hydrogen-bond donors (Lipinski definition) is 4. The van der Waals surface area contributed by atoms with Gasteiger partial charge < -0.3 is 20.3 Å². The summed E-state index contributed by atoms with van der Waals surface area (Å²) in [7, 11) is 0. The van der Waals surface area contributed by atoms with Gasteiger partial charge in [0, 0.05) is 18.2 Å². The first-order valence-electron chi connectivity index (χ1n) is 5.21. The lowest BCUT2D eigenvalue weighted by atomic mass is 10.3. The third-order valence-corrected chi connectivity index (χ3v) is 1.94. The molecular weight excluding hydrogens is 268 g/mol. The van der Waals surface area contributed by atoms with Crippen molar-refractivity contribution in [2.45, 2.75) is 0 Å². The van der Waals surface area contributed by atoms with E-state index in [0.717, 1.165) is 18.2 Å². The zero-order valence-corrected chi connectivity index (χ0v) is 9.98. The summed E-state index contributed by atoms with van der Waals surface area (Å²) in [6, 6.07) is 0. The predicted molar refractivity (Wildman–Crippen MR) is 68.6 cm³/mol. The topological polar surface area (TPSA) is 141 Å². The lowest BCUT2D eigenvalue weighted by Crippen LogP contribution is -1.88. The molecule has 0 unspecified atom stereocenters. The lowest BCUT2D eigenvalue weighted by molar-refractivity contribution is -0.132. The molecule has 1 aromatic rings. The van der Waals surface area contributed by atoms with Crippen LogP contribution >= 0.6 is 0 Å². The lowest BCUT2D eigenvalue weighted by Gasteiger charge is -1.88. The standard InChI is InChI=1S/C12H10N2O6/c15-10(16)4-1-7-8(2-5-11(17)18)14-9(13-7)3-6-12(19)20/h1-6H,(H,13,14)(H,15,16)(H,17,18)(H,19,20). The molecule has 0 aromatic carbocycles. The van der Waals surface area contributed by atoms with E-state index >= 15 is 0 Å². The first-order chi connectivity index (χ1) is 9.38. The van der Waals surface area contributed by atoms with Crippen LogP contribution in [0.5, 0.6) is 0 Å². The Morgan fingerprint density at radius 2 is 1.35 bits per heavy atom. The number of rotatable bonds is 6. The SMILES string of the molecule is O=C(O)C=Cc1nc(C=CC(=O)O)c(C=CC(=O)O)[nH]1. The Balaban J connectivity index is 3.14. The largest absolute Gasteiger partial charge is 0.478 e. The second kappa shape index (κ2) is 6.69. The van der Waals surface area contributed by atoms with E-state index in [1.54, 1.807) is 0 Å². The van der Waals surface area contributed by atoms with Gasteiger partial charge in [0.2, 0.25) is 0 Å². The van der Waals surface area contributed by atoms with Crippen LogP contribution in [0.15, 0.2) is 18.2 Å². The average Bonchev–Trinajstić information content (AvgIpc) is 2.73. The average molecular weight is 278 g/mol. The molecule has 8 nitrogen and oxygen atoms in total. The van der Waals surface area contributed by atoms with Crippen molar-refractivity contribution < 1.29 is 29.7 Å². The van der Waals surface area contributed by atoms with Gasteiger partial charge in [0.1, 0.15) is 5.82 Å². The number of aromatic amines is 1. The number of H-pyrrole nitrogens is 1. The van der Waals surface area contributed by atoms with E-state index in [1.807, 2.05) is 0 Å². The highest BCUT2D eigenvalue weighted by Crippen LogP contribution is 2.11. The molecule has 0 aliphatic heterocycles. The molecule has 20 heavy (non-hydrogen) atoms. The molecule has 104 valence electrons. The molecule has 0 saturated heterocycles. The maximum atomic E-state index is 10.4. The van der Waals surface area contributed by atoms with Crippen LogP contribution in [0.3, 0.4) is 0 Å². The van der Waals surface area contributed by atoms with Gasteiger partial charge in [0.25, 0.3) is 0 Å². The molecule has 0 spiro atoms. The van der Waals surface area contributed by atoms with Crippen molar-refractivity contribution in [1.29, 1.82) is 0 Å². The summed E-state index contributed by atoms with van der Waals surface area (Å²) >= 11 is 0. The van der Waals surface area contributed by atoms with E-state index in [4.69, 9.17) is 15.3 Å². The maximum absolute atomic E-state index is 10.4. The Labute approximate surface area is 112 Å². The van der Waals surface area contributed by atoms with E-state index in [2.05, 4.69) is 9.97 Å². The Morgan fingerprint density at radius 3 is 1.90 bits per heavy atom. The molecular formula is C12H10N2O6. The summed E-state index contributed by atoms with van der Waals surface area (Å²) in [5, 5.41) is 25.6. The van der Waals surface area contributed by atoms with Gasteiger partial charge in [-0.3, -0.25) is 0 Å². The minimum absolute atomic E-state index is 0.155. The molecule has 0 fully saturated rings. The first kappa shape index (κ1) is 14.9. The van der Waals surface area contributed by atoms with E-state index in [9.17, 15) is 14.4 Å². The van der Waals surface area contributed by atoms with Gasteiger partial charge in [-0.15, -0.1) is 0 Å². The van der Waals surface area contributed by atoms with Crippen LogP contribution in [0, 0.1) is 0 Å². The van der Waals surface area contributed by atoms with Crippen LogP contribution in [-0.2, 0) is 14.4 Å². The van der Waals surface area contributed by atoms with Crippen molar-refractivity contribution in [2.75, 3.05) is 0 Å². The minimum Gasteiger partial charge on any atom is -0.478 e. The molecule has 0 aliphatic carbocycles. The number of hydrogen-bond acceptors (Lipinski definition) is 4. The maximum Gasteiger partial charge on any atom is 0.328 e. The molecule has 0 radical (unpaired) electrons. The van der Waals surface area contributed by atoms with E-state index in [-0.39, 0.29) is 17.2 Å². The summed E-state index contributed by atoms with van der Waals surface area (Å²) in [5.41, 5.74) is 0.421. The molecule has 0 aliphatic rings. The molecule has 0 saturated carbocycles. The van der Waals surface area contributed by atoms with Crippen LogP contribution < -0.4 is 0 Å². The fourth-order valence-corrected chi connectivity index (χ4v) is 1.21. The normalized spacial score (nSPS) is 11.6. The number of nitrogens with zero attached hydrogens (tertiary/aromatic N) is 1. The molecule has 0 amide bonds. The highest BCUT2D eigenvalue weighted by molar-refractivity contribution is 5.88. The highest BCUT2D eigenvalue weighted by Gasteiger charge is 2.05. The quantitative estimate of drug-likeness (QED) is 0.561. The number of carboxylic acids is 3. The number of aromatic nitrogens is 2. The minimum atomic E-state index is -1.19. The monoisotopic (exact) mass is 278 g/mol. The van der Waals surface area contributed by atoms with Gasteiger partial charge >= 0.3 is 17.9 Å². The number of carbonyl (C=O) groups is 3. The van der Waals surface area contributed by atoms with Crippen molar-refractivity contribution in [3.8, 4) is 0 Å². The summed E-state index contributed by atoms with van der Waals surface area (Å²) < 4.78 is 0. The van der Waals surface area contributed by atoms with Crippen LogP contribution in [0.2, 0.25) is 0 Å². The van der Waals surface area contributed by atoms with Gasteiger partial charge in [-0.25, -0.2) is 19.4 Å². The van der Waals surface area contributed by atoms with Crippen molar-refractivity contribution in [1.82, 2.24) is 9.97 Å². The number of imidazole rings is 1. The van der Waals surface area contributed by atoms with Gasteiger partial charge in [0.05, 0.1) is 11.4 Å². The highest BCUT2D eigenvalue weighted by atomic mass is 16.4. The second-order valence-corrected chi connectivity index (χ2v) is 3.44. The van der Waals surface area contributed by atoms with Crippen molar-refractivity contribution in [2.24, 2.45) is 0 Å². The smallest absolute Gasteiger partial charge is 0.328 e. The Hall–Kier alpha value is -3.16. The van der Waals surface area contributed by atoms with Crippen LogP contribution in [0.1, 0.15) is 17.2 Å².